The van der Waals surface area contributed by atoms with Crippen LogP contribution in [0.4, 0.5) is 0 Å². The van der Waals surface area contributed by atoms with E-state index in [1.54, 1.807) is 0 Å². The number of carboxylic acids is 2. The summed E-state index contributed by atoms with van der Waals surface area (Å²) >= 11 is 0. The van der Waals surface area contributed by atoms with Crippen molar-refractivity contribution >= 4 is 22.0 Å². The minimum Gasteiger partial charge on any atom is -0.480 e. The molecule has 7 nitrogen and oxygen atoms in total. The first-order valence-corrected chi connectivity index (χ1v) is 7.36. The molecule has 0 spiro atoms. The van der Waals surface area contributed by atoms with Gasteiger partial charge in [0.15, 0.2) is 0 Å². The average molecular weight is 299 g/mol. The molecule has 0 aliphatic carbocycles. The van der Waals surface area contributed by atoms with Gasteiger partial charge in [-0.1, -0.05) is 6.07 Å². The predicted molar refractivity (Wildman–Crippen MR) is 68.0 cm³/mol. The Balaban J connectivity index is 2.42. The van der Waals surface area contributed by atoms with Gasteiger partial charge in [-0.25, -0.2) is 13.2 Å². The van der Waals surface area contributed by atoms with Crippen molar-refractivity contribution in [1.82, 2.24) is 4.31 Å². The van der Waals surface area contributed by atoms with E-state index in [2.05, 4.69) is 0 Å². The van der Waals surface area contributed by atoms with Crippen LogP contribution in [0.2, 0.25) is 0 Å². The third-order valence-corrected chi connectivity index (χ3v) is 5.08. The Morgan fingerprint density at radius 1 is 1.25 bits per heavy atom. The van der Waals surface area contributed by atoms with Gasteiger partial charge in [0.05, 0.1) is 10.5 Å². The average Bonchev–Trinajstić information content (AvgIpc) is 2.89. The number of aromatic carboxylic acids is 1. The van der Waals surface area contributed by atoms with Crippen molar-refractivity contribution in [3.05, 3.63) is 29.8 Å². The number of carbonyl (C=O) groups is 2. The molecule has 1 atom stereocenters. The van der Waals surface area contributed by atoms with Crippen LogP contribution >= 0.6 is 0 Å². The van der Waals surface area contributed by atoms with Gasteiger partial charge in [0.25, 0.3) is 0 Å². The van der Waals surface area contributed by atoms with Gasteiger partial charge in [0.1, 0.15) is 6.04 Å². The van der Waals surface area contributed by atoms with Gasteiger partial charge < -0.3 is 10.2 Å². The predicted octanol–water partition coefficient (Wildman–Crippen LogP) is 0.623. The standard InChI is InChI=1S/C12H13NO6S/c14-11(15)8-3-1-4-9(7-8)20(18,19)13-6-2-5-10(13)12(16)17/h1,3-4,7,10H,2,5-6H2,(H,14,15)(H,16,17)/t10-/m0/s1. The van der Waals surface area contributed by atoms with E-state index in [1.165, 1.54) is 18.2 Å². The van der Waals surface area contributed by atoms with E-state index in [4.69, 9.17) is 10.2 Å². The molecule has 0 aromatic heterocycles. The number of carboxylic acid groups (broad SMARTS) is 2. The van der Waals surface area contributed by atoms with Crippen LogP contribution in [0.25, 0.3) is 0 Å². The molecule has 8 heteroatoms. The molecule has 1 saturated heterocycles. The number of hydrogen-bond donors (Lipinski definition) is 2. The van der Waals surface area contributed by atoms with Crippen LogP contribution in [-0.2, 0) is 14.8 Å². The van der Waals surface area contributed by atoms with Crippen LogP contribution in [0.1, 0.15) is 23.2 Å². The molecule has 20 heavy (non-hydrogen) atoms. The normalized spacial score (nSPS) is 19.9. The van der Waals surface area contributed by atoms with Crippen LogP contribution in [0.15, 0.2) is 29.2 Å². The second kappa shape index (κ2) is 5.22. The summed E-state index contributed by atoms with van der Waals surface area (Å²) in [7, 11) is -4.00. The van der Waals surface area contributed by atoms with E-state index >= 15 is 0 Å². The molecule has 1 heterocycles. The van der Waals surface area contributed by atoms with Gasteiger partial charge in [-0.2, -0.15) is 4.31 Å². The third kappa shape index (κ3) is 2.52. The number of benzene rings is 1. The van der Waals surface area contributed by atoms with E-state index in [1.807, 2.05) is 0 Å². The van der Waals surface area contributed by atoms with Crippen molar-refractivity contribution in [3.8, 4) is 0 Å². The monoisotopic (exact) mass is 299 g/mol. The Morgan fingerprint density at radius 2 is 1.95 bits per heavy atom. The number of rotatable bonds is 4. The first-order valence-electron chi connectivity index (χ1n) is 5.92. The maximum atomic E-state index is 12.4. The summed E-state index contributed by atoms with van der Waals surface area (Å²) in [5.41, 5.74) is -0.155. The fourth-order valence-corrected chi connectivity index (χ4v) is 3.90. The Bertz CT molecular complexity index is 654. The number of sulfonamides is 1. The topological polar surface area (TPSA) is 112 Å². The Hall–Kier alpha value is -1.93. The van der Waals surface area contributed by atoms with Crippen molar-refractivity contribution in [2.24, 2.45) is 0 Å². The molecule has 0 amide bonds. The van der Waals surface area contributed by atoms with Crippen molar-refractivity contribution in [3.63, 3.8) is 0 Å². The molecule has 0 bridgehead atoms. The van der Waals surface area contributed by atoms with E-state index in [-0.39, 0.29) is 23.4 Å². The van der Waals surface area contributed by atoms with Gasteiger partial charge in [-0.05, 0) is 31.0 Å². The lowest BCUT2D eigenvalue weighted by Gasteiger charge is -2.21. The molecular weight excluding hydrogens is 286 g/mol. The molecule has 0 unspecified atom stereocenters. The molecule has 0 saturated carbocycles. The van der Waals surface area contributed by atoms with Crippen molar-refractivity contribution in [1.29, 1.82) is 0 Å². The van der Waals surface area contributed by atoms with Crippen LogP contribution in [0, 0.1) is 0 Å². The highest BCUT2D eigenvalue weighted by Crippen LogP contribution is 2.26. The quantitative estimate of drug-likeness (QED) is 0.843. The zero-order valence-corrected chi connectivity index (χ0v) is 11.2. The molecule has 1 fully saturated rings. The summed E-state index contributed by atoms with van der Waals surface area (Å²) in [6.45, 7) is 0.122. The fraction of sp³-hybridized carbons (Fsp3) is 0.333. The Kier molecular flexibility index (Phi) is 3.78. The molecule has 1 aromatic rings. The lowest BCUT2D eigenvalue weighted by Crippen LogP contribution is -2.40. The summed E-state index contributed by atoms with van der Waals surface area (Å²) in [6, 6.07) is 3.81. The zero-order valence-electron chi connectivity index (χ0n) is 10.4. The lowest BCUT2D eigenvalue weighted by atomic mass is 10.2. The lowest BCUT2D eigenvalue weighted by molar-refractivity contribution is -0.140. The van der Waals surface area contributed by atoms with Crippen LogP contribution in [-0.4, -0.2) is 47.5 Å². The summed E-state index contributed by atoms with van der Waals surface area (Å²) in [4.78, 5) is 21.7. The van der Waals surface area contributed by atoms with Gasteiger partial charge in [0.2, 0.25) is 10.0 Å². The number of aliphatic carboxylic acids is 1. The van der Waals surface area contributed by atoms with E-state index in [9.17, 15) is 18.0 Å². The summed E-state index contributed by atoms with van der Waals surface area (Å²) < 4.78 is 25.7. The Labute approximate surface area is 115 Å². The first kappa shape index (κ1) is 14.5. The number of nitrogens with zero attached hydrogens (tertiary/aromatic N) is 1. The highest BCUT2D eigenvalue weighted by Gasteiger charge is 2.39. The highest BCUT2D eigenvalue weighted by molar-refractivity contribution is 7.89. The molecular formula is C12H13NO6S. The largest absolute Gasteiger partial charge is 0.480 e. The highest BCUT2D eigenvalue weighted by atomic mass is 32.2. The minimum absolute atomic E-state index is 0.122. The summed E-state index contributed by atoms with van der Waals surface area (Å²) in [5.74, 6) is -2.43. The minimum atomic E-state index is -4.00. The fourth-order valence-electron chi connectivity index (χ4n) is 2.20. The van der Waals surface area contributed by atoms with E-state index in [0.717, 1.165) is 10.4 Å². The van der Waals surface area contributed by atoms with E-state index in [0.29, 0.717) is 6.42 Å². The summed E-state index contributed by atoms with van der Waals surface area (Å²) in [5, 5.41) is 17.9. The van der Waals surface area contributed by atoms with Crippen molar-refractivity contribution in [2.45, 2.75) is 23.8 Å². The molecule has 0 radical (unpaired) electrons. The third-order valence-electron chi connectivity index (χ3n) is 3.18. The smallest absolute Gasteiger partial charge is 0.335 e. The molecule has 1 aliphatic rings. The van der Waals surface area contributed by atoms with Gasteiger partial charge >= 0.3 is 11.9 Å². The molecule has 2 N–H and O–H groups in total. The first-order chi connectivity index (χ1) is 9.34. The molecule has 1 aliphatic heterocycles. The van der Waals surface area contributed by atoms with Gasteiger partial charge in [0, 0.05) is 6.54 Å². The van der Waals surface area contributed by atoms with E-state index < -0.39 is 28.0 Å². The molecule has 2 rings (SSSR count). The molecule has 108 valence electrons. The maximum absolute atomic E-state index is 12.4. The van der Waals surface area contributed by atoms with Crippen LogP contribution in [0.5, 0.6) is 0 Å². The van der Waals surface area contributed by atoms with Crippen LogP contribution in [0.3, 0.4) is 0 Å². The maximum Gasteiger partial charge on any atom is 0.335 e. The summed E-state index contributed by atoms with van der Waals surface area (Å²) in [6.07, 6.45) is 0.724. The van der Waals surface area contributed by atoms with Crippen molar-refractivity contribution in [2.75, 3.05) is 6.54 Å². The van der Waals surface area contributed by atoms with Gasteiger partial charge in [-0.3, -0.25) is 4.79 Å². The Morgan fingerprint density at radius 3 is 2.55 bits per heavy atom. The second-order valence-electron chi connectivity index (χ2n) is 4.45. The molecule has 1 aromatic carbocycles. The number of hydrogen-bond acceptors (Lipinski definition) is 4. The van der Waals surface area contributed by atoms with Crippen LogP contribution < -0.4 is 0 Å². The van der Waals surface area contributed by atoms with Crippen molar-refractivity contribution < 1.29 is 28.2 Å². The van der Waals surface area contributed by atoms with Gasteiger partial charge in [-0.15, -0.1) is 0 Å². The zero-order chi connectivity index (χ0) is 14.9. The second-order valence-corrected chi connectivity index (χ2v) is 6.34. The SMILES string of the molecule is O=C(O)c1cccc(S(=O)(=O)N2CCC[C@H]2C(=O)O)c1.